The molecule has 0 bridgehead atoms. The van der Waals surface area contributed by atoms with Crippen LogP contribution in [0, 0.1) is 23.7 Å². The molecule has 4 nitrogen and oxygen atoms in total. The number of rotatable bonds is 2. The molecular weight excluding hydrogens is 262 g/mol. The lowest BCUT2D eigenvalue weighted by Crippen LogP contribution is -2.42. The van der Waals surface area contributed by atoms with Gasteiger partial charge in [-0.05, 0) is 37.3 Å². The van der Waals surface area contributed by atoms with Crippen LogP contribution < -0.4 is 16.8 Å². The highest BCUT2D eigenvalue weighted by atomic mass is 16.2. The molecule has 0 saturated carbocycles. The minimum atomic E-state index is -0.797. The molecule has 0 saturated heterocycles. The summed E-state index contributed by atoms with van der Waals surface area (Å²) in [5.74, 6) is 2.24. The molecule has 108 valence electrons. The highest BCUT2D eigenvalue weighted by molar-refractivity contribution is 5.97. The molecular formula is C17H19N3O. The van der Waals surface area contributed by atoms with Gasteiger partial charge in [0.25, 0.3) is 0 Å². The number of allylic oxidation sites excluding steroid dienone is 2. The molecule has 2 unspecified atom stereocenters. The van der Waals surface area contributed by atoms with Gasteiger partial charge in [0.2, 0.25) is 5.91 Å². The Hall–Kier alpha value is -2.67. The molecule has 4 heteroatoms. The van der Waals surface area contributed by atoms with E-state index >= 15 is 0 Å². The molecule has 1 amide bonds. The molecule has 0 spiro atoms. The summed E-state index contributed by atoms with van der Waals surface area (Å²) in [5, 5.41) is 2.88. The van der Waals surface area contributed by atoms with Gasteiger partial charge in [-0.1, -0.05) is 18.9 Å². The molecule has 5 N–H and O–H groups in total. The van der Waals surface area contributed by atoms with E-state index in [4.69, 9.17) is 17.9 Å². The fraction of sp³-hybridized carbons (Fsp3) is 0.235. The number of benzene rings is 1. The van der Waals surface area contributed by atoms with Crippen molar-refractivity contribution >= 4 is 11.6 Å². The van der Waals surface area contributed by atoms with Crippen LogP contribution >= 0.6 is 0 Å². The lowest BCUT2D eigenvalue weighted by atomic mass is 9.72. The van der Waals surface area contributed by atoms with Crippen molar-refractivity contribution in [2.75, 3.05) is 5.32 Å². The maximum absolute atomic E-state index is 12.6. The van der Waals surface area contributed by atoms with Gasteiger partial charge in [-0.25, -0.2) is 0 Å². The quantitative estimate of drug-likeness (QED) is 0.725. The van der Waals surface area contributed by atoms with E-state index in [2.05, 4.69) is 11.2 Å². The van der Waals surface area contributed by atoms with Crippen LogP contribution in [0.5, 0.6) is 0 Å². The van der Waals surface area contributed by atoms with Crippen LogP contribution in [0.25, 0.3) is 0 Å². The van der Waals surface area contributed by atoms with Crippen molar-refractivity contribution in [3.8, 4) is 12.3 Å². The first kappa shape index (κ1) is 14.7. The average Bonchev–Trinajstić information content (AvgIpc) is 2.44. The molecule has 1 aliphatic carbocycles. The predicted molar refractivity (Wildman–Crippen MR) is 84.8 cm³/mol. The number of anilines is 1. The van der Waals surface area contributed by atoms with Gasteiger partial charge in [0.1, 0.15) is 0 Å². The van der Waals surface area contributed by atoms with Crippen molar-refractivity contribution in [3.63, 3.8) is 0 Å². The average molecular weight is 281 g/mol. The second-order valence-electron chi connectivity index (χ2n) is 5.47. The summed E-state index contributed by atoms with van der Waals surface area (Å²) < 4.78 is 0. The molecule has 0 aliphatic heterocycles. The molecule has 0 fully saturated rings. The van der Waals surface area contributed by atoms with Crippen LogP contribution in [0.4, 0.5) is 5.69 Å². The number of hydrogen-bond donors (Lipinski definition) is 3. The Bertz CT molecular complexity index is 682. The maximum atomic E-state index is 12.6. The molecule has 1 aromatic carbocycles. The summed E-state index contributed by atoms with van der Waals surface area (Å²) in [5.41, 5.74) is 13.5. The van der Waals surface area contributed by atoms with Gasteiger partial charge in [-0.15, -0.1) is 6.42 Å². The normalized spacial score (nSPS) is 24.5. The number of nitrogens with two attached hydrogens (primary N) is 2. The topological polar surface area (TPSA) is 81.1 Å². The Balaban J connectivity index is 2.27. The zero-order valence-electron chi connectivity index (χ0n) is 12.2. The minimum Gasteiger partial charge on any atom is -0.402 e. The van der Waals surface area contributed by atoms with E-state index in [0.717, 1.165) is 0 Å². The minimum absolute atomic E-state index is 0.138. The summed E-state index contributed by atoms with van der Waals surface area (Å²) in [6.45, 7) is 3.73. The SMILES string of the molecule is C#Cc1cccc(NC(=O)C2(C)C=C(N)C=C(N)C2C)c1. The monoisotopic (exact) mass is 281 g/mol. The number of nitrogens with one attached hydrogen (secondary N) is 1. The Morgan fingerprint density at radius 1 is 1.43 bits per heavy atom. The highest BCUT2D eigenvalue weighted by Crippen LogP contribution is 2.37. The van der Waals surface area contributed by atoms with Gasteiger partial charge >= 0.3 is 0 Å². The van der Waals surface area contributed by atoms with E-state index < -0.39 is 5.41 Å². The van der Waals surface area contributed by atoms with Crippen molar-refractivity contribution in [1.82, 2.24) is 0 Å². The number of carbonyl (C=O) groups is 1. The number of amides is 1. The van der Waals surface area contributed by atoms with Crippen molar-refractivity contribution in [2.24, 2.45) is 22.8 Å². The Morgan fingerprint density at radius 3 is 2.81 bits per heavy atom. The molecule has 1 aromatic rings. The van der Waals surface area contributed by atoms with Crippen LogP contribution in [0.3, 0.4) is 0 Å². The second kappa shape index (κ2) is 5.37. The molecule has 2 rings (SSSR count). The Morgan fingerprint density at radius 2 is 2.14 bits per heavy atom. The molecule has 0 heterocycles. The van der Waals surface area contributed by atoms with Crippen molar-refractivity contribution in [2.45, 2.75) is 13.8 Å². The smallest absolute Gasteiger partial charge is 0.234 e. The maximum Gasteiger partial charge on any atom is 0.234 e. The van der Waals surface area contributed by atoms with E-state index in [0.29, 0.717) is 22.6 Å². The summed E-state index contributed by atoms with van der Waals surface area (Å²) in [7, 11) is 0. The fourth-order valence-corrected chi connectivity index (χ4v) is 2.39. The molecule has 2 atom stereocenters. The number of terminal acetylenes is 1. The zero-order chi connectivity index (χ0) is 15.6. The van der Waals surface area contributed by atoms with Gasteiger partial charge < -0.3 is 16.8 Å². The van der Waals surface area contributed by atoms with Crippen LogP contribution in [0.15, 0.2) is 47.8 Å². The van der Waals surface area contributed by atoms with Crippen molar-refractivity contribution in [1.29, 1.82) is 0 Å². The second-order valence-corrected chi connectivity index (χ2v) is 5.47. The Labute approximate surface area is 124 Å². The molecule has 21 heavy (non-hydrogen) atoms. The lowest BCUT2D eigenvalue weighted by molar-refractivity contribution is -0.124. The fourth-order valence-electron chi connectivity index (χ4n) is 2.39. The van der Waals surface area contributed by atoms with Gasteiger partial charge in [0.15, 0.2) is 0 Å². The van der Waals surface area contributed by atoms with E-state index in [1.807, 2.05) is 13.8 Å². The van der Waals surface area contributed by atoms with Crippen LogP contribution in [0.2, 0.25) is 0 Å². The predicted octanol–water partition coefficient (Wildman–Crippen LogP) is 1.95. The first-order valence-electron chi connectivity index (χ1n) is 6.70. The van der Waals surface area contributed by atoms with Crippen molar-refractivity contribution < 1.29 is 4.79 Å². The third-order valence-corrected chi connectivity index (χ3v) is 3.98. The van der Waals surface area contributed by atoms with Gasteiger partial charge in [-0.3, -0.25) is 4.79 Å². The standard InChI is InChI=1S/C17H19N3O/c1-4-12-6-5-7-14(8-12)20-16(21)17(3)10-13(18)9-15(19)11(17)2/h1,5-11H,18-19H2,2-3H3,(H,20,21). The van der Waals surface area contributed by atoms with Gasteiger partial charge in [0, 0.05) is 28.6 Å². The molecule has 0 aromatic heterocycles. The summed E-state index contributed by atoms with van der Waals surface area (Å²) in [6.07, 6.45) is 8.80. The van der Waals surface area contributed by atoms with E-state index in [1.54, 1.807) is 36.4 Å². The first-order chi connectivity index (χ1) is 9.86. The van der Waals surface area contributed by atoms with Crippen LogP contribution in [-0.4, -0.2) is 5.91 Å². The van der Waals surface area contributed by atoms with E-state index in [-0.39, 0.29) is 11.8 Å². The first-order valence-corrected chi connectivity index (χ1v) is 6.70. The third-order valence-electron chi connectivity index (χ3n) is 3.98. The summed E-state index contributed by atoms with van der Waals surface area (Å²) >= 11 is 0. The number of hydrogen-bond acceptors (Lipinski definition) is 3. The third kappa shape index (κ3) is 2.77. The summed E-state index contributed by atoms with van der Waals surface area (Å²) in [4.78, 5) is 12.6. The van der Waals surface area contributed by atoms with Crippen molar-refractivity contribution in [3.05, 3.63) is 53.4 Å². The molecule has 0 radical (unpaired) electrons. The molecule has 1 aliphatic rings. The largest absolute Gasteiger partial charge is 0.402 e. The van der Waals surface area contributed by atoms with E-state index in [9.17, 15) is 4.79 Å². The van der Waals surface area contributed by atoms with Gasteiger partial charge in [-0.2, -0.15) is 0 Å². The zero-order valence-corrected chi connectivity index (χ0v) is 12.2. The lowest BCUT2D eigenvalue weighted by Gasteiger charge is -2.35. The van der Waals surface area contributed by atoms with E-state index in [1.165, 1.54) is 0 Å². The van der Waals surface area contributed by atoms with Crippen LogP contribution in [0.1, 0.15) is 19.4 Å². The number of carbonyl (C=O) groups excluding carboxylic acids is 1. The van der Waals surface area contributed by atoms with Crippen LogP contribution in [-0.2, 0) is 4.79 Å². The highest BCUT2D eigenvalue weighted by Gasteiger charge is 2.40. The Kier molecular flexibility index (Phi) is 3.77. The summed E-state index contributed by atoms with van der Waals surface area (Å²) in [6, 6.07) is 7.15. The van der Waals surface area contributed by atoms with Gasteiger partial charge in [0.05, 0.1) is 5.41 Å².